The highest BCUT2D eigenvalue weighted by atomic mass is 16.5. The minimum absolute atomic E-state index is 0.333. The molecular weight excluding hydrogens is 282 g/mol. The molecule has 0 N–H and O–H groups in total. The highest BCUT2D eigenvalue weighted by Crippen LogP contribution is 2.22. The van der Waals surface area contributed by atoms with Gasteiger partial charge in [0.15, 0.2) is 6.73 Å². The number of hydrogen-bond acceptors (Lipinski definition) is 4. The highest BCUT2D eigenvalue weighted by molar-refractivity contribution is 6.21. The summed E-state index contributed by atoms with van der Waals surface area (Å²) in [5.41, 5.74) is 1.98. The van der Waals surface area contributed by atoms with E-state index in [-0.39, 0.29) is 6.73 Å². The Morgan fingerprint density at radius 1 is 1.00 bits per heavy atom. The number of benzene rings is 2. The van der Waals surface area contributed by atoms with Crippen molar-refractivity contribution in [1.29, 1.82) is 0 Å². The lowest BCUT2D eigenvalue weighted by Crippen LogP contribution is -2.33. The van der Waals surface area contributed by atoms with Crippen LogP contribution >= 0.6 is 0 Å². The number of carbonyl (C=O) groups is 3. The maximum absolute atomic E-state index is 12.1. The zero-order chi connectivity index (χ0) is 15.7. The molecule has 0 fully saturated rings. The summed E-state index contributed by atoms with van der Waals surface area (Å²) in [6, 6.07) is 13.5. The third-order valence-corrected chi connectivity index (χ3v) is 3.46. The van der Waals surface area contributed by atoms with Crippen LogP contribution in [0.15, 0.2) is 48.5 Å². The van der Waals surface area contributed by atoms with Crippen molar-refractivity contribution < 1.29 is 19.1 Å². The number of imide groups is 1. The minimum Gasteiger partial charge on any atom is -0.440 e. The Labute approximate surface area is 127 Å². The Morgan fingerprint density at radius 2 is 1.64 bits per heavy atom. The second kappa shape index (κ2) is 5.44. The van der Waals surface area contributed by atoms with Crippen molar-refractivity contribution in [2.24, 2.45) is 0 Å². The van der Waals surface area contributed by atoms with Crippen molar-refractivity contribution in [2.45, 2.75) is 6.92 Å². The number of amides is 2. The first-order valence-electron chi connectivity index (χ1n) is 6.77. The van der Waals surface area contributed by atoms with Crippen molar-refractivity contribution in [1.82, 2.24) is 4.90 Å². The monoisotopic (exact) mass is 295 g/mol. The summed E-state index contributed by atoms with van der Waals surface area (Å²) in [5, 5.41) is 0. The number of ether oxygens (including phenoxy) is 1. The lowest BCUT2D eigenvalue weighted by molar-refractivity contribution is 0.0228. The van der Waals surface area contributed by atoms with Crippen molar-refractivity contribution in [2.75, 3.05) is 6.73 Å². The largest absolute Gasteiger partial charge is 0.440 e. The predicted molar refractivity (Wildman–Crippen MR) is 78.4 cm³/mol. The van der Waals surface area contributed by atoms with Gasteiger partial charge in [-0.2, -0.15) is 0 Å². The molecule has 5 nitrogen and oxygen atoms in total. The van der Waals surface area contributed by atoms with Crippen LogP contribution in [-0.4, -0.2) is 29.4 Å². The third kappa shape index (κ3) is 2.37. The molecule has 0 aromatic heterocycles. The highest BCUT2D eigenvalue weighted by Gasteiger charge is 2.35. The molecule has 1 aliphatic rings. The first kappa shape index (κ1) is 14.0. The summed E-state index contributed by atoms with van der Waals surface area (Å²) >= 11 is 0. The van der Waals surface area contributed by atoms with Crippen LogP contribution in [0.3, 0.4) is 0 Å². The second-order valence-corrected chi connectivity index (χ2v) is 5.01. The van der Waals surface area contributed by atoms with E-state index in [1.54, 1.807) is 42.5 Å². The van der Waals surface area contributed by atoms with E-state index in [2.05, 4.69) is 0 Å². The van der Waals surface area contributed by atoms with Gasteiger partial charge in [0.1, 0.15) is 0 Å². The zero-order valence-corrected chi connectivity index (χ0v) is 11.9. The Morgan fingerprint density at radius 3 is 2.23 bits per heavy atom. The fraction of sp³-hybridized carbons (Fsp3) is 0.118. The zero-order valence-electron chi connectivity index (χ0n) is 11.9. The van der Waals surface area contributed by atoms with Gasteiger partial charge in [0.2, 0.25) is 0 Å². The molecule has 2 aromatic rings. The standard InChI is InChI=1S/C17H13NO4/c1-11-5-4-6-12(9-11)17(21)22-10-18-15(19)13-7-2-3-8-14(13)16(18)20/h2-9H,10H2,1H3. The van der Waals surface area contributed by atoms with E-state index >= 15 is 0 Å². The molecule has 1 aliphatic heterocycles. The van der Waals surface area contributed by atoms with Gasteiger partial charge in [-0.3, -0.25) is 9.59 Å². The van der Waals surface area contributed by atoms with Gasteiger partial charge in [0.05, 0.1) is 16.7 Å². The number of fused-ring (bicyclic) bond motifs is 1. The molecule has 0 unspecified atom stereocenters. The Kier molecular flexibility index (Phi) is 3.47. The van der Waals surface area contributed by atoms with E-state index < -0.39 is 17.8 Å². The van der Waals surface area contributed by atoms with Gasteiger partial charge in [-0.15, -0.1) is 0 Å². The molecule has 0 spiro atoms. The lowest BCUT2D eigenvalue weighted by atomic mass is 10.1. The maximum Gasteiger partial charge on any atom is 0.339 e. The number of hydrogen-bond donors (Lipinski definition) is 0. The summed E-state index contributed by atoms with van der Waals surface area (Å²) in [6.45, 7) is 1.47. The Bertz CT molecular complexity index is 747. The van der Waals surface area contributed by atoms with E-state index in [0.29, 0.717) is 16.7 Å². The van der Waals surface area contributed by atoms with Gasteiger partial charge in [0, 0.05) is 0 Å². The molecule has 0 radical (unpaired) electrons. The van der Waals surface area contributed by atoms with Gasteiger partial charge in [-0.1, -0.05) is 29.8 Å². The van der Waals surface area contributed by atoms with Crippen molar-refractivity contribution in [3.05, 3.63) is 70.8 Å². The van der Waals surface area contributed by atoms with Gasteiger partial charge in [-0.05, 0) is 31.2 Å². The van der Waals surface area contributed by atoms with Crippen LogP contribution in [0.5, 0.6) is 0 Å². The Hall–Kier alpha value is -2.95. The fourth-order valence-electron chi connectivity index (χ4n) is 2.33. The fourth-order valence-corrected chi connectivity index (χ4v) is 2.33. The lowest BCUT2D eigenvalue weighted by Gasteiger charge is -2.14. The third-order valence-electron chi connectivity index (χ3n) is 3.46. The van der Waals surface area contributed by atoms with E-state index in [1.165, 1.54) is 0 Å². The molecule has 2 aromatic carbocycles. The summed E-state index contributed by atoms with van der Waals surface area (Å²) in [5.74, 6) is -1.46. The number of rotatable bonds is 3. The molecular formula is C17H13NO4. The second-order valence-electron chi connectivity index (χ2n) is 5.01. The molecule has 3 rings (SSSR count). The summed E-state index contributed by atoms with van der Waals surface area (Å²) in [4.78, 5) is 37.1. The molecule has 0 saturated heterocycles. The number of esters is 1. The molecule has 0 aliphatic carbocycles. The SMILES string of the molecule is Cc1cccc(C(=O)OCN2C(=O)c3ccccc3C2=O)c1. The first-order valence-corrected chi connectivity index (χ1v) is 6.77. The molecule has 0 bridgehead atoms. The number of carbonyl (C=O) groups excluding carboxylic acids is 3. The minimum atomic E-state index is -0.569. The average Bonchev–Trinajstić information content (AvgIpc) is 2.77. The molecule has 1 heterocycles. The van der Waals surface area contributed by atoms with Gasteiger partial charge >= 0.3 is 5.97 Å². The average molecular weight is 295 g/mol. The van der Waals surface area contributed by atoms with E-state index in [1.807, 2.05) is 13.0 Å². The number of nitrogens with zero attached hydrogens (tertiary/aromatic N) is 1. The van der Waals surface area contributed by atoms with Crippen LogP contribution in [-0.2, 0) is 4.74 Å². The normalized spacial score (nSPS) is 13.2. The molecule has 0 atom stereocenters. The topological polar surface area (TPSA) is 63.7 Å². The molecule has 5 heteroatoms. The van der Waals surface area contributed by atoms with Crippen LogP contribution in [0.2, 0.25) is 0 Å². The molecule has 2 amide bonds. The molecule has 22 heavy (non-hydrogen) atoms. The van der Waals surface area contributed by atoms with E-state index in [9.17, 15) is 14.4 Å². The van der Waals surface area contributed by atoms with E-state index in [4.69, 9.17) is 4.74 Å². The van der Waals surface area contributed by atoms with Crippen LogP contribution in [0.25, 0.3) is 0 Å². The van der Waals surface area contributed by atoms with Gasteiger partial charge < -0.3 is 4.74 Å². The van der Waals surface area contributed by atoms with Crippen LogP contribution in [0, 0.1) is 6.92 Å². The number of aryl methyl sites for hydroxylation is 1. The van der Waals surface area contributed by atoms with Crippen molar-refractivity contribution in [3.8, 4) is 0 Å². The van der Waals surface area contributed by atoms with Crippen LogP contribution in [0.4, 0.5) is 0 Å². The van der Waals surface area contributed by atoms with Gasteiger partial charge in [-0.25, -0.2) is 9.69 Å². The maximum atomic E-state index is 12.1. The quantitative estimate of drug-likeness (QED) is 0.644. The van der Waals surface area contributed by atoms with Crippen molar-refractivity contribution >= 4 is 17.8 Å². The predicted octanol–water partition coefficient (Wildman–Crippen LogP) is 2.41. The smallest absolute Gasteiger partial charge is 0.339 e. The van der Waals surface area contributed by atoms with Crippen molar-refractivity contribution in [3.63, 3.8) is 0 Å². The summed E-state index contributed by atoms with van der Waals surface area (Å²) in [6.07, 6.45) is 0. The van der Waals surface area contributed by atoms with Crippen LogP contribution in [0.1, 0.15) is 36.6 Å². The molecule has 110 valence electrons. The first-order chi connectivity index (χ1) is 10.6. The Balaban J connectivity index is 1.72. The summed E-state index contributed by atoms with van der Waals surface area (Å²) in [7, 11) is 0. The van der Waals surface area contributed by atoms with Crippen LogP contribution < -0.4 is 0 Å². The van der Waals surface area contributed by atoms with E-state index in [0.717, 1.165) is 10.5 Å². The molecule has 0 saturated carbocycles. The van der Waals surface area contributed by atoms with Gasteiger partial charge in [0.25, 0.3) is 11.8 Å². The summed E-state index contributed by atoms with van der Waals surface area (Å²) < 4.78 is 5.08.